The lowest BCUT2D eigenvalue weighted by atomic mass is 10.1. The van der Waals surface area contributed by atoms with Crippen LogP contribution in [0.4, 0.5) is 0 Å². The van der Waals surface area contributed by atoms with E-state index < -0.39 is 0 Å². The minimum Gasteiger partial charge on any atom is -0.481 e. The molecule has 16 heavy (non-hydrogen) atoms. The van der Waals surface area contributed by atoms with Gasteiger partial charge in [0.1, 0.15) is 0 Å². The van der Waals surface area contributed by atoms with Crippen LogP contribution in [0.1, 0.15) is 39.3 Å². The third-order valence-electron chi connectivity index (χ3n) is 2.00. The van der Waals surface area contributed by atoms with Crippen molar-refractivity contribution in [3.05, 3.63) is 23.9 Å². The lowest BCUT2D eigenvalue weighted by Crippen LogP contribution is -2.20. The van der Waals surface area contributed by atoms with Gasteiger partial charge in [-0.3, -0.25) is 4.72 Å². The summed E-state index contributed by atoms with van der Waals surface area (Å²) in [6, 6.07) is 4.18. The van der Waals surface area contributed by atoms with E-state index in [4.69, 9.17) is 4.74 Å². The highest BCUT2D eigenvalue weighted by Crippen LogP contribution is 2.27. The monoisotopic (exact) mass is 240 g/mol. The van der Waals surface area contributed by atoms with Gasteiger partial charge in [0.2, 0.25) is 5.88 Å². The topological polar surface area (TPSA) is 34.1 Å². The number of rotatable bonds is 4. The van der Waals surface area contributed by atoms with Gasteiger partial charge in [-0.25, -0.2) is 4.98 Å². The molecule has 0 saturated heterocycles. The van der Waals surface area contributed by atoms with E-state index in [0.29, 0.717) is 5.88 Å². The predicted molar refractivity (Wildman–Crippen MR) is 69.7 cm³/mol. The minimum atomic E-state index is 0.198. The van der Waals surface area contributed by atoms with Crippen LogP contribution < -0.4 is 9.46 Å². The summed E-state index contributed by atoms with van der Waals surface area (Å²) >= 11 is 1.72. The molecule has 0 fully saturated rings. The second-order valence-corrected chi connectivity index (χ2v) is 6.32. The van der Waals surface area contributed by atoms with Crippen LogP contribution in [0.5, 0.6) is 5.88 Å². The molecule has 0 amide bonds. The minimum absolute atomic E-state index is 0.198. The van der Waals surface area contributed by atoms with Crippen molar-refractivity contribution in [2.24, 2.45) is 0 Å². The molecule has 0 unspecified atom stereocenters. The Labute approximate surface area is 102 Å². The van der Waals surface area contributed by atoms with Crippen molar-refractivity contribution in [3.8, 4) is 5.88 Å². The predicted octanol–water partition coefficient (Wildman–Crippen LogP) is 3.19. The molecule has 1 aromatic rings. The van der Waals surface area contributed by atoms with Crippen molar-refractivity contribution in [1.82, 2.24) is 9.71 Å². The van der Waals surface area contributed by atoms with Crippen molar-refractivity contribution < 1.29 is 4.74 Å². The second-order valence-electron chi connectivity index (χ2n) is 4.66. The first-order valence-corrected chi connectivity index (χ1v) is 6.18. The fourth-order valence-corrected chi connectivity index (χ4v) is 1.89. The Morgan fingerprint density at radius 3 is 2.69 bits per heavy atom. The van der Waals surface area contributed by atoms with Crippen molar-refractivity contribution in [3.63, 3.8) is 0 Å². The van der Waals surface area contributed by atoms with E-state index in [0.717, 1.165) is 5.56 Å². The van der Waals surface area contributed by atoms with E-state index in [1.807, 2.05) is 12.1 Å². The van der Waals surface area contributed by atoms with Gasteiger partial charge in [0.15, 0.2) is 0 Å². The van der Waals surface area contributed by atoms with Gasteiger partial charge >= 0.3 is 0 Å². The van der Waals surface area contributed by atoms with Gasteiger partial charge in [-0.15, -0.1) is 0 Å². The SMILES string of the molecule is COc1ncccc1[C@@H](C)NSC(C)(C)C. The van der Waals surface area contributed by atoms with Crippen LogP contribution in [-0.4, -0.2) is 16.8 Å². The Hall–Kier alpha value is -0.740. The van der Waals surface area contributed by atoms with Crippen LogP contribution in [0.25, 0.3) is 0 Å². The number of aromatic nitrogens is 1. The number of nitrogens with one attached hydrogen (secondary N) is 1. The van der Waals surface area contributed by atoms with E-state index >= 15 is 0 Å². The van der Waals surface area contributed by atoms with Crippen LogP contribution in [0, 0.1) is 0 Å². The number of hydrogen-bond donors (Lipinski definition) is 1. The van der Waals surface area contributed by atoms with Gasteiger partial charge < -0.3 is 4.74 Å². The summed E-state index contributed by atoms with van der Waals surface area (Å²) in [7, 11) is 1.65. The van der Waals surface area contributed by atoms with Gasteiger partial charge in [0.25, 0.3) is 0 Å². The standard InChI is InChI=1S/C12H20N2OS/c1-9(14-16-12(2,3)4)10-7-6-8-13-11(10)15-5/h6-9,14H,1-5H3/t9-/m1/s1. The Morgan fingerprint density at radius 2 is 2.12 bits per heavy atom. The third-order valence-corrected chi connectivity index (χ3v) is 3.09. The number of pyridine rings is 1. The highest BCUT2D eigenvalue weighted by Gasteiger charge is 2.16. The van der Waals surface area contributed by atoms with E-state index in [2.05, 4.69) is 37.4 Å². The summed E-state index contributed by atoms with van der Waals surface area (Å²) in [6.45, 7) is 8.64. The quantitative estimate of drug-likeness (QED) is 0.820. The van der Waals surface area contributed by atoms with Crippen LogP contribution in [0.15, 0.2) is 18.3 Å². The van der Waals surface area contributed by atoms with Crippen LogP contribution in [-0.2, 0) is 0 Å². The normalized spacial score (nSPS) is 13.6. The Bertz CT molecular complexity index is 336. The summed E-state index contributed by atoms with van der Waals surface area (Å²) in [5.74, 6) is 0.692. The molecule has 1 heterocycles. The molecule has 0 radical (unpaired) electrons. The molecule has 1 N–H and O–H groups in total. The third kappa shape index (κ3) is 4.02. The first-order valence-electron chi connectivity index (χ1n) is 5.36. The zero-order chi connectivity index (χ0) is 12.2. The molecule has 1 aromatic heterocycles. The van der Waals surface area contributed by atoms with Crippen molar-refractivity contribution in [2.75, 3.05) is 7.11 Å². The average Bonchev–Trinajstić information content (AvgIpc) is 2.25. The lowest BCUT2D eigenvalue weighted by Gasteiger charge is -2.22. The van der Waals surface area contributed by atoms with Crippen LogP contribution in [0.3, 0.4) is 0 Å². The molecule has 0 aliphatic rings. The molecular weight excluding hydrogens is 220 g/mol. The van der Waals surface area contributed by atoms with E-state index in [-0.39, 0.29) is 10.8 Å². The van der Waals surface area contributed by atoms with Gasteiger partial charge in [0.05, 0.1) is 7.11 Å². The van der Waals surface area contributed by atoms with Crippen molar-refractivity contribution >= 4 is 11.9 Å². The molecule has 1 rings (SSSR count). The largest absolute Gasteiger partial charge is 0.481 e. The molecule has 0 saturated carbocycles. The van der Waals surface area contributed by atoms with Gasteiger partial charge in [-0.1, -0.05) is 18.0 Å². The summed E-state index contributed by atoms with van der Waals surface area (Å²) in [6.07, 6.45) is 1.74. The maximum Gasteiger partial charge on any atom is 0.217 e. The molecular formula is C12H20N2OS. The van der Waals surface area contributed by atoms with E-state index in [1.165, 1.54) is 0 Å². The molecule has 0 aliphatic heterocycles. The number of methoxy groups -OCH3 is 1. The summed E-state index contributed by atoms with van der Waals surface area (Å²) < 4.78 is 8.85. The molecule has 1 atom stereocenters. The molecule has 0 aromatic carbocycles. The Balaban J connectivity index is 2.69. The van der Waals surface area contributed by atoms with Gasteiger partial charge in [-0.2, -0.15) is 0 Å². The molecule has 0 bridgehead atoms. The summed E-state index contributed by atoms with van der Waals surface area (Å²) in [5, 5.41) is 0. The average molecular weight is 240 g/mol. The maximum atomic E-state index is 5.24. The first-order chi connectivity index (χ1) is 7.44. The molecule has 4 heteroatoms. The Kier molecular flexibility index (Phi) is 4.62. The van der Waals surface area contributed by atoms with Crippen LogP contribution >= 0.6 is 11.9 Å². The number of nitrogens with zero attached hydrogens (tertiary/aromatic N) is 1. The van der Waals surface area contributed by atoms with Gasteiger partial charge in [-0.05, 0) is 33.8 Å². The van der Waals surface area contributed by atoms with Crippen molar-refractivity contribution in [2.45, 2.75) is 38.5 Å². The van der Waals surface area contributed by atoms with Crippen molar-refractivity contribution in [1.29, 1.82) is 0 Å². The number of hydrogen-bond acceptors (Lipinski definition) is 4. The molecule has 0 aliphatic carbocycles. The van der Waals surface area contributed by atoms with E-state index in [1.54, 1.807) is 25.3 Å². The summed E-state index contributed by atoms with van der Waals surface area (Å²) in [5.41, 5.74) is 1.08. The molecule has 0 spiro atoms. The zero-order valence-electron chi connectivity index (χ0n) is 10.6. The van der Waals surface area contributed by atoms with Gasteiger partial charge in [0, 0.05) is 22.5 Å². The highest BCUT2D eigenvalue weighted by molar-refractivity contribution is 7.98. The fraction of sp³-hybridized carbons (Fsp3) is 0.583. The fourth-order valence-electron chi connectivity index (χ4n) is 1.23. The molecule has 90 valence electrons. The Morgan fingerprint density at radius 1 is 1.44 bits per heavy atom. The summed E-state index contributed by atoms with van der Waals surface area (Å²) in [4.78, 5) is 4.19. The van der Waals surface area contributed by atoms with Crippen LogP contribution in [0.2, 0.25) is 0 Å². The highest BCUT2D eigenvalue weighted by atomic mass is 32.2. The zero-order valence-corrected chi connectivity index (χ0v) is 11.4. The smallest absolute Gasteiger partial charge is 0.217 e. The van der Waals surface area contributed by atoms with E-state index in [9.17, 15) is 0 Å². The number of ether oxygens (including phenoxy) is 1. The first kappa shape index (κ1) is 13.3. The maximum absolute atomic E-state index is 5.24. The lowest BCUT2D eigenvalue weighted by molar-refractivity contribution is 0.388. The second kappa shape index (κ2) is 5.55. The molecule has 3 nitrogen and oxygen atoms in total.